The van der Waals surface area contributed by atoms with Crippen LogP contribution in [0.1, 0.15) is 39.8 Å². The maximum absolute atomic E-state index is 10.7. The Morgan fingerprint density at radius 2 is 1.86 bits per heavy atom. The van der Waals surface area contributed by atoms with Gasteiger partial charge in [-0.1, -0.05) is 26.0 Å². The second kappa shape index (κ2) is 8.89. The van der Waals surface area contributed by atoms with Crippen molar-refractivity contribution in [1.29, 1.82) is 0 Å². The molecular weight excluding hydrogens is 270 g/mol. The molecule has 0 atom stereocenters. The van der Waals surface area contributed by atoms with Gasteiger partial charge in [0, 0.05) is 25.6 Å². The van der Waals surface area contributed by atoms with E-state index >= 15 is 0 Å². The normalized spacial score (nSPS) is 11.8. The summed E-state index contributed by atoms with van der Waals surface area (Å²) in [5.74, 6) is 0.147. The van der Waals surface area contributed by atoms with Crippen LogP contribution < -0.4 is 0 Å². The highest BCUT2D eigenvalue weighted by Gasteiger charge is 2.12. The molecule has 0 unspecified atom stereocenters. The zero-order chi connectivity index (χ0) is 15.7. The number of carbonyl (C=O) groups excluding carboxylic acids is 1. The molecule has 120 valence electrons. The van der Waals surface area contributed by atoms with Crippen molar-refractivity contribution in [3.63, 3.8) is 0 Å². The molecule has 0 aliphatic heterocycles. The Labute approximate surface area is 126 Å². The number of aromatic nitrogens is 3. The number of hydrogen-bond acceptors (Lipinski definition) is 5. The average Bonchev–Trinajstić information content (AvgIpc) is 2.77. The molecule has 0 radical (unpaired) electrons. The van der Waals surface area contributed by atoms with Crippen molar-refractivity contribution in [2.24, 2.45) is 5.41 Å². The second-order valence-electron chi connectivity index (χ2n) is 6.39. The van der Waals surface area contributed by atoms with Crippen LogP contribution in [0.4, 0.5) is 0 Å². The fourth-order valence-electron chi connectivity index (χ4n) is 1.73. The van der Waals surface area contributed by atoms with Crippen molar-refractivity contribution >= 4 is 5.78 Å². The number of ketones is 1. The molecule has 0 saturated heterocycles. The molecule has 1 rings (SSSR count). The van der Waals surface area contributed by atoms with E-state index in [4.69, 9.17) is 9.47 Å². The molecule has 0 aliphatic carbocycles. The van der Waals surface area contributed by atoms with E-state index in [-0.39, 0.29) is 11.2 Å². The number of nitrogens with zero attached hydrogens (tertiary/aromatic N) is 3. The summed E-state index contributed by atoms with van der Waals surface area (Å²) in [4.78, 5) is 10.7. The first kappa shape index (κ1) is 17.8. The monoisotopic (exact) mass is 297 g/mol. The van der Waals surface area contributed by atoms with Crippen LogP contribution in [-0.2, 0) is 27.2 Å². The molecule has 1 aromatic heterocycles. The molecule has 1 heterocycles. The summed E-state index contributed by atoms with van der Waals surface area (Å²) in [5, 5.41) is 8.24. The summed E-state index contributed by atoms with van der Waals surface area (Å²) in [6.45, 7) is 11.1. The van der Waals surface area contributed by atoms with Crippen molar-refractivity contribution in [2.75, 3.05) is 26.4 Å². The Hall–Kier alpha value is -1.27. The maximum atomic E-state index is 10.7. The average molecular weight is 297 g/mol. The SMILES string of the molecule is CC(=O)CCOCCOCCc1cn(CC(C)(C)C)nn1. The predicted octanol–water partition coefficient (Wildman–Crippen LogP) is 1.88. The van der Waals surface area contributed by atoms with E-state index in [2.05, 4.69) is 31.1 Å². The molecular formula is C15H27N3O3. The number of carbonyl (C=O) groups is 1. The highest BCUT2D eigenvalue weighted by Crippen LogP contribution is 2.15. The van der Waals surface area contributed by atoms with Crippen molar-refractivity contribution in [3.05, 3.63) is 11.9 Å². The van der Waals surface area contributed by atoms with Gasteiger partial charge in [-0.3, -0.25) is 9.48 Å². The summed E-state index contributed by atoms with van der Waals surface area (Å²) in [6.07, 6.45) is 3.19. The molecule has 0 saturated carbocycles. The number of rotatable bonds is 10. The van der Waals surface area contributed by atoms with Gasteiger partial charge >= 0.3 is 0 Å². The largest absolute Gasteiger partial charge is 0.379 e. The minimum Gasteiger partial charge on any atom is -0.379 e. The zero-order valence-corrected chi connectivity index (χ0v) is 13.6. The quantitative estimate of drug-likeness (QED) is 0.617. The molecule has 0 fully saturated rings. The fraction of sp³-hybridized carbons (Fsp3) is 0.800. The molecule has 21 heavy (non-hydrogen) atoms. The first-order chi connectivity index (χ1) is 9.87. The molecule has 6 heteroatoms. The molecule has 0 aromatic carbocycles. The van der Waals surface area contributed by atoms with Crippen molar-refractivity contribution < 1.29 is 14.3 Å². The minimum absolute atomic E-state index is 0.147. The predicted molar refractivity (Wildman–Crippen MR) is 80.1 cm³/mol. The summed E-state index contributed by atoms with van der Waals surface area (Å²) in [6, 6.07) is 0. The molecule has 0 spiro atoms. The Kier molecular flexibility index (Phi) is 7.53. The van der Waals surface area contributed by atoms with Crippen LogP contribution in [0.5, 0.6) is 0 Å². The third kappa shape index (κ3) is 9.31. The molecule has 1 aromatic rings. The van der Waals surface area contributed by atoms with Gasteiger partial charge in [-0.05, 0) is 12.3 Å². The van der Waals surface area contributed by atoms with Gasteiger partial charge in [0.2, 0.25) is 0 Å². The molecule has 0 bridgehead atoms. The van der Waals surface area contributed by atoms with E-state index in [9.17, 15) is 4.79 Å². The lowest BCUT2D eigenvalue weighted by molar-refractivity contribution is -0.118. The van der Waals surface area contributed by atoms with Gasteiger partial charge in [0.15, 0.2) is 0 Å². The molecule has 0 aliphatic rings. The molecule has 0 amide bonds. The number of ether oxygens (including phenoxy) is 2. The van der Waals surface area contributed by atoms with E-state index in [1.807, 2.05) is 10.9 Å². The van der Waals surface area contributed by atoms with Crippen molar-refractivity contribution in [2.45, 2.75) is 47.1 Å². The lowest BCUT2D eigenvalue weighted by atomic mass is 9.97. The van der Waals surface area contributed by atoms with Crippen LogP contribution in [0.2, 0.25) is 0 Å². The Morgan fingerprint density at radius 3 is 2.48 bits per heavy atom. The smallest absolute Gasteiger partial charge is 0.132 e. The van der Waals surface area contributed by atoms with E-state index in [1.54, 1.807) is 6.92 Å². The first-order valence-electron chi connectivity index (χ1n) is 7.41. The van der Waals surface area contributed by atoms with Crippen LogP contribution in [0.15, 0.2) is 6.20 Å². The standard InChI is InChI=1S/C15H27N3O3/c1-13(19)5-7-20-9-10-21-8-6-14-11-18(17-16-14)12-15(2,3)4/h11H,5-10,12H2,1-4H3. The van der Waals surface area contributed by atoms with Crippen molar-refractivity contribution in [3.8, 4) is 0 Å². The second-order valence-corrected chi connectivity index (χ2v) is 6.39. The van der Waals surface area contributed by atoms with E-state index in [0.717, 1.165) is 18.7 Å². The topological polar surface area (TPSA) is 66.2 Å². The highest BCUT2D eigenvalue weighted by atomic mass is 16.5. The lowest BCUT2D eigenvalue weighted by Crippen LogP contribution is -2.15. The highest BCUT2D eigenvalue weighted by molar-refractivity contribution is 5.75. The van der Waals surface area contributed by atoms with Crippen LogP contribution >= 0.6 is 0 Å². The van der Waals surface area contributed by atoms with Gasteiger partial charge in [0.25, 0.3) is 0 Å². The van der Waals surface area contributed by atoms with Crippen LogP contribution in [0, 0.1) is 5.41 Å². The maximum Gasteiger partial charge on any atom is 0.132 e. The van der Waals surface area contributed by atoms with Gasteiger partial charge in [-0.15, -0.1) is 5.10 Å². The van der Waals surface area contributed by atoms with Crippen molar-refractivity contribution in [1.82, 2.24) is 15.0 Å². The van der Waals surface area contributed by atoms with E-state index < -0.39 is 0 Å². The summed E-state index contributed by atoms with van der Waals surface area (Å²) in [5.41, 5.74) is 1.13. The van der Waals surface area contributed by atoms with Crippen LogP contribution in [0.25, 0.3) is 0 Å². The Balaban J connectivity index is 2.07. The van der Waals surface area contributed by atoms with Gasteiger partial charge in [0.05, 0.1) is 32.1 Å². The third-order valence-corrected chi connectivity index (χ3v) is 2.70. The number of Topliss-reactive ketones (excluding diaryl/α,β-unsaturated/α-hetero) is 1. The Bertz CT molecular complexity index is 424. The van der Waals surface area contributed by atoms with E-state index in [1.165, 1.54) is 0 Å². The lowest BCUT2D eigenvalue weighted by Gasteiger charge is -2.16. The van der Waals surface area contributed by atoms with Gasteiger partial charge in [-0.25, -0.2) is 0 Å². The van der Waals surface area contributed by atoms with Crippen LogP contribution in [0.3, 0.4) is 0 Å². The number of hydrogen-bond donors (Lipinski definition) is 0. The molecule has 0 N–H and O–H groups in total. The summed E-state index contributed by atoms with van der Waals surface area (Å²) < 4.78 is 12.6. The van der Waals surface area contributed by atoms with E-state index in [0.29, 0.717) is 32.8 Å². The summed E-state index contributed by atoms with van der Waals surface area (Å²) in [7, 11) is 0. The Morgan fingerprint density at radius 1 is 1.19 bits per heavy atom. The first-order valence-corrected chi connectivity index (χ1v) is 7.41. The van der Waals surface area contributed by atoms with Gasteiger partial charge in [-0.2, -0.15) is 0 Å². The van der Waals surface area contributed by atoms with Gasteiger partial charge < -0.3 is 9.47 Å². The van der Waals surface area contributed by atoms with Crippen LogP contribution in [-0.4, -0.2) is 47.2 Å². The zero-order valence-electron chi connectivity index (χ0n) is 13.6. The summed E-state index contributed by atoms with van der Waals surface area (Å²) >= 11 is 0. The third-order valence-electron chi connectivity index (χ3n) is 2.70. The minimum atomic E-state index is 0.147. The van der Waals surface area contributed by atoms with Gasteiger partial charge in [0.1, 0.15) is 5.78 Å². The fourth-order valence-corrected chi connectivity index (χ4v) is 1.73. The molecule has 6 nitrogen and oxygen atoms in total.